The molecule has 0 N–H and O–H groups in total. The van der Waals surface area contributed by atoms with Crippen LogP contribution in [0, 0.1) is 0 Å². The first-order valence-electron chi connectivity index (χ1n) is 16.1. The van der Waals surface area contributed by atoms with Crippen molar-refractivity contribution >= 4 is 34.6 Å². The second kappa shape index (κ2) is 13.9. The van der Waals surface area contributed by atoms with Crippen LogP contribution in [0.4, 0.5) is 11.4 Å². The summed E-state index contributed by atoms with van der Waals surface area (Å²) in [7, 11) is 0. The average Bonchev–Trinajstić information content (AvgIpc) is 3.88. The number of halogens is 2. The van der Waals surface area contributed by atoms with E-state index in [-0.39, 0.29) is 24.9 Å². The van der Waals surface area contributed by atoms with Crippen LogP contribution in [0.5, 0.6) is 5.75 Å². The molecule has 0 bridgehead atoms. The van der Waals surface area contributed by atoms with E-state index in [0.29, 0.717) is 27.1 Å². The van der Waals surface area contributed by atoms with E-state index in [1.165, 1.54) is 11.0 Å². The van der Waals surface area contributed by atoms with E-state index in [4.69, 9.17) is 37.4 Å². The summed E-state index contributed by atoms with van der Waals surface area (Å²) < 4.78 is 23.2. The monoisotopic (exact) mass is 702 g/mol. The molecule has 7 rings (SSSR count). The molecule has 0 amide bonds. The molecule has 2 unspecified atom stereocenters. The molecule has 4 heterocycles. The first-order valence-corrected chi connectivity index (χ1v) is 16.9. The summed E-state index contributed by atoms with van der Waals surface area (Å²) in [6, 6.07) is 21.4. The molecule has 0 saturated carbocycles. The maximum atomic E-state index is 12.8. The van der Waals surface area contributed by atoms with Gasteiger partial charge in [0.1, 0.15) is 44.1 Å². The Morgan fingerprint density at radius 2 is 1.57 bits per heavy atom. The van der Waals surface area contributed by atoms with Crippen molar-refractivity contribution < 1.29 is 14.2 Å². The topological polar surface area (TPSA) is 105 Å². The highest BCUT2D eigenvalue weighted by Gasteiger charge is 2.44. The van der Waals surface area contributed by atoms with Crippen molar-refractivity contribution in [1.29, 1.82) is 0 Å². The zero-order chi connectivity index (χ0) is 34.0. The molecule has 0 radical (unpaired) electrons. The average molecular weight is 704 g/mol. The zero-order valence-electron chi connectivity index (χ0n) is 27.2. The molecule has 2 aliphatic heterocycles. The minimum Gasteiger partial charge on any atom is -0.486 e. The molecule has 0 spiro atoms. The van der Waals surface area contributed by atoms with Gasteiger partial charge in [0.2, 0.25) is 0 Å². The Morgan fingerprint density at radius 1 is 0.898 bits per heavy atom. The van der Waals surface area contributed by atoms with E-state index in [1.54, 1.807) is 46.4 Å². The zero-order valence-corrected chi connectivity index (χ0v) is 28.7. The molecule has 3 aromatic carbocycles. The van der Waals surface area contributed by atoms with E-state index in [9.17, 15) is 4.79 Å². The van der Waals surface area contributed by atoms with Gasteiger partial charge in [-0.2, -0.15) is 10.2 Å². The lowest BCUT2D eigenvalue weighted by atomic mass is 10.1. The molecule has 1 saturated heterocycles. The van der Waals surface area contributed by atoms with E-state index in [0.717, 1.165) is 49.7 Å². The van der Waals surface area contributed by atoms with Crippen molar-refractivity contribution in [2.45, 2.75) is 38.6 Å². The number of hydrogen-bond donors (Lipinski definition) is 0. The smallest absolute Gasteiger partial charge is 0.350 e. The van der Waals surface area contributed by atoms with Gasteiger partial charge in [-0.05, 0) is 80.1 Å². The molecule has 254 valence electrons. The molecular weight excluding hydrogens is 667 g/mol. The van der Waals surface area contributed by atoms with Gasteiger partial charge in [-0.1, -0.05) is 30.1 Å². The summed E-state index contributed by atoms with van der Waals surface area (Å²) in [6.45, 7) is 7.93. The number of rotatable bonds is 11. The second-order valence-corrected chi connectivity index (χ2v) is 12.9. The summed E-state index contributed by atoms with van der Waals surface area (Å²) in [5.41, 5.74) is 3.56. The van der Waals surface area contributed by atoms with Crippen LogP contribution in [-0.4, -0.2) is 61.9 Å². The predicted octanol–water partition coefficient (Wildman–Crippen LogP) is 6.05. The Morgan fingerprint density at radius 3 is 2.20 bits per heavy atom. The molecule has 12 nitrogen and oxygen atoms in total. The molecule has 49 heavy (non-hydrogen) atoms. The van der Waals surface area contributed by atoms with E-state index in [1.807, 2.05) is 38.1 Å². The molecule has 14 heteroatoms. The van der Waals surface area contributed by atoms with Gasteiger partial charge in [-0.25, -0.2) is 23.7 Å². The van der Waals surface area contributed by atoms with Crippen molar-refractivity contribution in [1.82, 2.24) is 29.1 Å². The third-order valence-electron chi connectivity index (χ3n) is 8.91. The number of anilines is 2. The Balaban J connectivity index is 0.928. The van der Waals surface area contributed by atoms with Gasteiger partial charge in [0, 0.05) is 42.6 Å². The van der Waals surface area contributed by atoms with E-state index in [2.05, 4.69) is 49.2 Å². The normalized spacial score (nSPS) is 18.2. The first-order chi connectivity index (χ1) is 23.8. The van der Waals surface area contributed by atoms with Crippen molar-refractivity contribution in [2.75, 3.05) is 42.6 Å². The summed E-state index contributed by atoms with van der Waals surface area (Å²) in [5, 5.41) is 9.43. The lowest BCUT2D eigenvalue weighted by molar-refractivity contribution is -0.171. The highest BCUT2D eigenvalue weighted by Crippen LogP contribution is 2.41. The van der Waals surface area contributed by atoms with Gasteiger partial charge < -0.3 is 24.0 Å². The lowest BCUT2D eigenvalue weighted by Gasteiger charge is -2.37. The third-order valence-corrected chi connectivity index (χ3v) is 9.46. The Kier molecular flexibility index (Phi) is 9.24. The van der Waals surface area contributed by atoms with Crippen LogP contribution in [0.15, 0.2) is 103 Å². The molecule has 2 aromatic heterocycles. The van der Waals surface area contributed by atoms with Crippen LogP contribution >= 0.6 is 23.2 Å². The maximum absolute atomic E-state index is 12.8. The fourth-order valence-electron chi connectivity index (χ4n) is 6.01. The van der Waals surface area contributed by atoms with Crippen molar-refractivity contribution in [3.8, 4) is 11.4 Å². The van der Waals surface area contributed by atoms with Crippen LogP contribution in [-0.2, 0) is 21.8 Å². The highest BCUT2D eigenvalue weighted by atomic mass is 35.5. The van der Waals surface area contributed by atoms with Gasteiger partial charge in [-0.3, -0.25) is 0 Å². The second-order valence-electron chi connectivity index (χ2n) is 12.0. The largest absolute Gasteiger partial charge is 0.486 e. The van der Waals surface area contributed by atoms with Crippen LogP contribution in [0.3, 0.4) is 0 Å². The summed E-state index contributed by atoms with van der Waals surface area (Å²) in [4.78, 5) is 21.6. The van der Waals surface area contributed by atoms with Crippen LogP contribution < -0.4 is 20.2 Å². The fraction of sp³-hybridized carbons (Fsp3) is 0.314. The Bertz CT molecular complexity index is 1970. The van der Waals surface area contributed by atoms with Crippen LogP contribution in [0.1, 0.15) is 31.9 Å². The predicted molar refractivity (Wildman–Crippen MR) is 188 cm³/mol. The first kappa shape index (κ1) is 32.6. The number of hydrogen-bond acceptors (Lipinski definition) is 9. The number of ether oxygens (including phenoxy) is 3. The maximum Gasteiger partial charge on any atom is 0.350 e. The number of benzene rings is 3. The lowest BCUT2D eigenvalue weighted by Crippen LogP contribution is -2.46. The molecule has 0 aliphatic carbocycles. The Hall–Kier alpha value is -4.94. The summed E-state index contributed by atoms with van der Waals surface area (Å²) >= 11 is 12.7. The number of nitrogens with zero attached hydrogens (tertiary/aromatic N) is 8. The SMILES string of the molecule is CCC(C)n1ncn(-c2ccc(N3CCN(c4ccc(OCC5=COC(Cn6cncn6)(c6ccc(Cl)cc6Cl)O5)cc4)CC3)cc2)c1=O. The number of piperazine rings is 1. The van der Waals surface area contributed by atoms with Gasteiger partial charge in [0.25, 0.3) is 5.79 Å². The minimum atomic E-state index is -1.25. The fourth-order valence-corrected chi connectivity index (χ4v) is 6.56. The molecule has 2 atom stereocenters. The van der Waals surface area contributed by atoms with Crippen LogP contribution in [0.25, 0.3) is 5.69 Å². The van der Waals surface area contributed by atoms with Crippen molar-refractivity contribution in [3.63, 3.8) is 0 Å². The molecule has 2 aliphatic rings. The van der Waals surface area contributed by atoms with Crippen molar-refractivity contribution in [2.24, 2.45) is 0 Å². The molecule has 1 fully saturated rings. The third kappa shape index (κ3) is 6.83. The highest BCUT2D eigenvalue weighted by molar-refractivity contribution is 6.35. The minimum absolute atomic E-state index is 0.0623. The number of aromatic nitrogens is 6. The standard InChI is InChI=1S/C35H36Cl2N8O4/c1-3-25(2)45-34(46)44(24-40-45)29-7-5-27(6-8-29)41-14-16-42(17-15-41)28-9-11-30(12-10-28)47-19-31-20-48-35(49-31,21-43-23-38-22-39-43)32-13-4-26(36)18-33(32)37/h4-13,18,20,22-25H,3,14-17,19,21H2,1-2H3. The van der Waals surface area contributed by atoms with Gasteiger partial charge in [0.15, 0.2) is 5.76 Å². The molecule has 5 aromatic rings. The molecular formula is C35H36Cl2N8O4. The van der Waals surface area contributed by atoms with Crippen molar-refractivity contribution in [3.05, 3.63) is 124 Å². The van der Waals surface area contributed by atoms with E-state index < -0.39 is 5.79 Å². The quantitative estimate of drug-likeness (QED) is 0.163. The summed E-state index contributed by atoms with van der Waals surface area (Å²) in [5.74, 6) is -0.0366. The summed E-state index contributed by atoms with van der Waals surface area (Å²) in [6.07, 6.45) is 7.02. The van der Waals surface area contributed by atoms with Gasteiger partial charge in [-0.15, -0.1) is 0 Å². The van der Waals surface area contributed by atoms with Gasteiger partial charge >= 0.3 is 5.69 Å². The Labute approximate surface area is 293 Å². The van der Waals surface area contributed by atoms with Crippen LogP contribution in [0.2, 0.25) is 10.0 Å². The van der Waals surface area contributed by atoms with E-state index >= 15 is 0 Å². The van der Waals surface area contributed by atoms with Gasteiger partial charge in [0.05, 0.1) is 22.3 Å².